The smallest absolute Gasteiger partial charge is 0.0678 e. The van der Waals surface area contributed by atoms with E-state index in [9.17, 15) is 0 Å². The third-order valence-electron chi connectivity index (χ3n) is 4.05. The second kappa shape index (κ2) is 6.61. The Morgan fingerprint density at radius 2 is 2.00 bits per heavy atom. The number of nitrogens with one attached hydrogen (secondary N) is 1. The van der Waals surface area contributed by atoms with Crippen molar-refractivity contribution in [3.63, 3.8) is 0 Å². The van der Waals surface area contributed by atoms with Gasteiger partial charge in [0.15, 0.2) is 0 Å². The van der Waals surface area contributed by atoms with Crippen molar-refractivity contribution in [3.8, 4) is 0 Å². The molecule has 1 N–H and O–H groups in total. The van der Waals surface area contributed by atoms with Gasteiger partial charge >= 0.3 is 0 Å². The Kier molecular flexibility index (Phi) is 5.01. The Morgan fingerprint density at radius 1 is 1.27 bits per heavy atom. The van der Waals surface area contributed by atoms with Crippen molar-refractivity contribution >= 4 is 0 Å². The number of rotatable bonds is 5. The fourth-order valence-electron chi connectivity index (χ4n) is 2.42. The van der Waals surface area contributed by atoms with Gasteiger partial charge in [0.05, 0.1) is 5.69 Å². The maximum atomic E-state index is 4.46. The molecule has 0 aliphatic heterocycles. The minimum Gasteiger partial charge on any atom is -0.298 e. The lowest BCUT2D eigenvalue weighted by molar-refractivity contribution is 0.244. The van der Waals surface area contributed by atoms with Crippen LogP contribution >= 0.6 is 0 Å². The first kappa shape index (κ1) is 16.7. The summed E-state index contributed by atoms with van der Waals surface area (Å²) in [6.45, 7) is 11.8. The summed E-state index contributed by atoms with van der Waals surface area (Å²) in [5, 5.41) is 7.60. The highest BCUT2D eigenvalue weighted by Crippen LogP contribution is 2.21. The van der Waals surface area contributed by atoms with Gasteiger partial charge < -0.3 is 0 Å². The highest BCUT2D eigenvalue weighted by molar-refractivity contribution is 5.17. The van der Waals surface area contributed by atoms with E-state index in [4.69, 9.17) is 0 Å². The normalized spacial score (nSPS) is 13.6. The van der Waals surface area contributed by atoms with Gasteiger partial charge in [-0.3, -0.25) is 15.0 Å². The predicted molar refractivity (Wildman–Crippen MR) is 90.9 cm³/mol. The number of aryl methyl sites for hydroxylation is 1. The number of nitrogens with zero attached hydrogens (tertiary/aromatic N) is 3. The second-order valence-corrected chi connectivity index (χ2v) is 7.32. The molecule has 2 aromatic heterocycles. The molecule has 0 saturated heterocycles. The zero-order valence-corrected chi connectivity index (χ0v) is 14.6. The van der Waals surface area contributed by atoms with Gasteiger partial charge in [-0.05, 0) is 44.7 Å². The molecule has 0 aliphatic carbocycles. The largest absolute Gasteiger partial charge is 0.298 e. The zero-order valence-electron chi connectivity index (χ0n) is 14.6. The number of hydrogen-bond donors (Lipinski definition) is 1. The van der Waals surface area contributed by atoms with Crippen LogP contribution in [-0.2, 0) is 18.4 Å². The first-order valence-electron chi connectivity index (χ1n) is 7.92. The monoisotopic (exact) mass is 300 g/mol. The topological polar surface area (TPSA) is 44.8 Å². The van der Waals surface area contributed by atoms with E-state index in [0.29, 0.717) is 6.04 Å². The third kappa shape index (κ3) is 4.41. The Bertz CT molecular complexity index is 610. The molecule has 0 aliphatic rings. The molecule has 0 bridgehead atoms. The predicted octanol–water partition coefficient (Wildman–Crippen LogP) is 3.47. The summed E-state index contributed by atoms with van der Waals surface area (Å²) in [7, 11) is 2.15. The van der Waals surface area contributed by atoms with Crippen molar-refractivity contribution in [2.45, 2.75) is 59.0 Å². The lowest BCUT2D eigenvalue weighted by atomic mass is 9.92. The van der Waals surface area contributed by atoms with Crippen molar-refractivity contribution in [1.82, 2.24) is 20.1 Å². The molecule has 0 fully saturated rings. The first-order chi connectivity index (χ1) is 10.3. The lowest BCUT2D eigenvalue weighted by Crippen LogP contribution is -2.30. The fourth-order valence-corrected chi connectivity index (χ4v) is 2.42. The van der Waals surface area contributed by atoms with Gasteiger partial charge in [0.1, 0.15) is 0 Å². The van der Waals surface area contributed by atoms with Crippen LogP contribution in [0.25, 0.3) is 0 Å². The molecular formula is C18H28N4. The highest BCUT2D eigenvalue weighted by Gasteiger charge is 2.18. The lowest BCUT2D eigenvalue weighted by Gasteiger charge is -2.23. The maximum absolute atomic E-state index is 4.46. The molecule has 2 heterocycles. The summed E-state index contributed by atoms with van der Waals surface area (Å²) >= 11 is 0. The van der Waals surface area contributed by atoms with Crippen molar-refractivity contribution in [3.05, 3.63) is 47.0 Å². The van der Waals surface area contributed by atoms with Crippen LogP contribution in [-0.4, -0.2) is 33.2 Å². The molecular weight excluding hydrogens is 272 g/mol. The fraction of sp³-hybridized carbons (Fsp3) is 0.556. The van der Waals surface area contributed by atoms with Crippen LogP contribution in [0, 0.1) is 6.92 Å². The van der Waals surface area contributed by atoms with E-state index in [2.05, 4.69) is 73.9 Å². The summed E-state index contributed by atoms with van der Waals surface area (Å²) in [6, 6.07) is 6.80. The SMILES string of the molecule is Cc1ccnc(C[C@H](C)N(C)Cc2cc(C(C)(C)C)n[nH]2)c1. The van der Waals surface area contributed by atoms with E-state index in [1.165, 1.54) is 5.56 Å². The minimum atomic E-state index is 0.0877. The number of pyridine rings is 1. The van der Waals surface area contributed by atoms with Crippen LogP contribution in [0.1, 0.15) is 50.3 Å². The van der Waals surface area contributed by atoms with Gasteiger partial charge in [-0.2, -0.15) is 5.10 Å². The minimum absolute atomic E-state index is 0.0877. The summed E-state index contributed by atoms with van der Waals surface area (Å²) in [6.07, 6.45) is 2.85. The Balaban J connectivity index is 1.96. The molecule has 120 valence electrons. The molecule has 0 amide bonds. The van der Waals surface area contributed by atoms with Gasteiger partial charge in [0, 0.05) is 42.0 Å². The van der Waals surface area contributed by atoms with E-state index in [0.717, 1.165) is 30.0 Å². The Labute approximate surface area is 134 Å². The number of likely N-dealkylation sites (N-methyl/N-ethyl adjacent to an activating group) is 1. The molecule has 4 nitrogen and oxygen atoms in total. The molecule has 0 spiro atoms. The standard InChI is InChI=1S/C18H28N4/c1-13-7-8-19-15(9-13)10-14(2)22(6)12-16-11-17(21-20-16)18(3,4)5/h7-9,11,14H,10,12H2,1-6H3,(H,20,21)/t14-/m0/s1. The summed E-state index contributed by atoms with van der Waals surface area (Å²) in [5.74, 6) is 0. The van der Waals surface area contributed by atoms with Gasteiger partial charge in [0.25, 0.3) is 0 Å². The van der Waals surface area contributed by atoms with E-state index in [1.54, 1.807) is 0 Å². The van der Waals surface area contributed by atoms with E-state index in [1.807, 2.05) is 12.3 Å². The molecule has 0 aromatic carbocycles. The third-order valence-corrected chi connectivity index (χ3v) is 4.05. The number of H-pyrrole nitrogens is 1. The van der Waals surface area contributed by atoms with E-state index in [-0.39, 0.29) is 5.41 Å². The molecule has 0 saturated carbocycles. The molecule has 22 heavy (non-hydrogen) atoms. The number of aromatic nitrogens is 3. The van der Waals surface area contributed by atoms with Crippen molar-refractivity contribution < 1.29 is 0 Å². The van der Waals surface area contributed by atoms with Gasteiger partial charge in [-0.25, -0.2) is 0 Å². The maximum Gasteiger partial charge on any atom is 0.0678 e. The zero-order chi connectivity index (χ0) is 16.3. The number of aromatic amines is 1. The molecule has 2 rings (SSSR count). The van der Waals surface area contributed by atoms with Crippen LogP contribution in [0.3, 0.4) is 0 Å². The average molecular weight is 300 g/mol. The van der Waals surface area contributed by atoms with Crippen molar-refractivity contribution in [2.75, 3.05) is 7.05 Å². The van der Waals surface area contributed by atoms with Crippen LogP contribution in [0.5, 0.6) is 0 Å². The molecule has 1 atom stereocenters. The average Bonchev–Trinajstić information content (AvgIpc) is 2.87. The summed E-state index contributed by atoms with van der Waals surface area (Å²) < 4.78 is 0. The Morgan fingerprint density at radius 3 is 2.59 bits per heavy atom. The first-order valence-corrected chi connectivity index (χ1v) is 7.92. The molecule has 0 radical (unpaired) electrons. The second-order valence-electron chi connectivity index (χ2n) is 7.32. The van der Waals surface area contributed by atoms with Crippen LogP contribution in [0.15, 0.2) is 24.4 Å². The summed E-state index contributed by atoms with van der Waals surface area (Å²) in [5.41, 5.74) is 4.78. The van der Waals surface area contributed by atoms with Crippen LogP contribution < -0.4 is 0 Å². The number of hydrogen-bond acceptors (Lipinski definition) is 3. The molecule has 4 heteroatoms. The van der Waals surface area contributed by atoms with Crippen LogP contribution in [0.2, 0.25) is 0 Å². The molecule has 2 aromatic rings. The van der Waals surface area contributed by atoms with Gasteiger partial charge in [-0.15, -0.1) is 0 Å². The quantitative estimate of drug-likeness (QED) is 0.919. The Hall–Kier alpha value is -1.68. The summed E-state index contributed by atoms with van der Waals surface area (Å²) in [4.78, 5) is 6.80. The molecule has 0 unspecified atom stereocenters. The highest BCUT2D eigenvalue weighted by atomic mass is 15.2. The van der Waals surface area contributed by atoms with Gasteiger partial charge in [-0.1, -0.05) is 20.8 Å². The van der Waals surface area contributed by atoms with E-state index >= 15 is 0 Å². The van der Waals surface area contributed by atoms with Gasteiger partial charge in [0.2, 0.25) is 0 Å². The van der Waals surface area contributed by atoms with E-state index < -0.39 is 0 Å². The van der Waals surface area contributed by atoms with Crippen molar-refractivity contribution in [1.29, 1.82) is 0 Å². The van der Waals surface area contributed by atoms with Crippen LogP contribution in [0.4, 0.5) is 0 Å². The van der Waals surface area contributed by atoms with Crippen molar-refractivity contribution in [2.24, 2.45) is 0 Å².